The molecule has 146 valence electrons. The maximum atomic E-state index is 12.8. The molecule has 4 aromatic heterocycles. The number of aromatic nitrogens is 7. The number of benzene rings is 1. The van der Waals surface area contributed by atoms with Crippen LogP contribution in [0.3, 0.4) is 0 Å². The summed E-state index contributed by atoms with van der Waals surface area (Å²) in [6.07, 6.45) is 1.72. The fraction of sp³-hybridized carbons (Fsp3) is 0.167. The summed E-state index contributed by atoms with van der Waals surface area (Å²) in [5.41, 5.74) is 1.24. The van der Waals surface area contributed by atoms with Gasteiger partial charge in [-0.25, -0.2) is 0 Å². The predicted molar refractivity (Wildman–Crippen MR) is 113 cm³/mol. The van der Waals surface area contributed by atoms with Crippen molar-refractivity contribution >= 4 is 57.3 Å². The fourth-order valence-electron chi connectivity index (χ4n) is 3.32. The minimum absolute atomic E-state index is 0.0741. The summed E-state index contributed by atoms with van der Waals surface area (Å²) in [7, 11) is 0. The molecular weight excluding hydrogens is 433 g/mol. The van der Waals surface area contributed by atoms with Gasteiger partial charge in [0.2, 0.25) is 5.78 Å². The topological polar surface area (TPSA) is 82.4 Å². The van der Waals surface area contributed by atoms with Gasteiger partial charge in [-0.05, 0) is 25.1 Å². The number of nitrogens with zero attached hydrogens (tertiary/aromatic N) is 7. The van der Waals surface area contributed by atoms with Crippen LogP contribution in [0.25, 0.3) is 22.3 Å². The lowest BCUT2D eigenvalue weighted by molar-refractivity contribution is 0.735. The van der Waals surface area contributed by atoms with Crippen LogP contribution in [-0.4, -0.2) is 33.8 Å². The zero-order valence-electron chi connectivity index (χ0n) is 15.1. The van der Waals surface area contributed by atoms with E-state index in [-0.39, 0.29) is 5.56 Å². The van der Waals surface area contributed by atoms with Crippen LogP contribution in [-0.2, 0) is 12.3 Å². The van der Waals surface area contributed by atoms with Crippen molar-refractivity contribution in [3.05, 3.63) is 62.8 Å². The van der Waals surface area contributed by atoms with Gasteiger partial charge in [0.25, 0.3) is 5.56 Å². The molecule has 4 heterocycles. The van der Waals surface area contributed by atoms with Crippen LogP contribution in [0.5, 0.6) is 0 Å². The minimum Gasteiger partial charge on any atom is -0.277 e. The number of para-hydroxylation sites is 1. The molecule has 1 aromatic carbocycles. The van der Waals surface area contributed by atoms with Crippen molar-refractivity contribution in [2.24, 2.45) is 0 Å². The number of hydrogen-bond donors (Lipinski definition) is 0. The molecule has 0 radical (unpaired) electrons. The van der Waals surface area contributed by atoms with Gasteiger partial charge in [0.1, 0.15) is 5.82 Å². The van der Waals surface area contributed by atoms with Crippen LogP contribution in [0.2, 0.25) is 10.0 Å². The molecule has 0 N–H and O–H groups in total. The van der Waals surface area contributed by atoms with E-state index < -0.39 is 0 Å². The van der Waals surface area contributed by atoms with Gasteiger partial charge in [-0.2, -0.15) is 0 Å². The summed E-state index contributed by atoms with van der Waals surface area (Å²) < 4.78 is 5.28. The summed E-state index contributed by atoms with van der Waals surface area (Å²) in [6.45, 7) is 2.42. The largest absolute Gasteiger partial charge is 0.277 e. The summed E-state index contributed by atoms with van der Waals surface area (Å²) in [5.74, 6) is 1.69. The van der Waals surface area contributed by atoms with Crippen molar-refractivity contribution in [1.29, 1.82) is 0 Å². The van der Waals surface area contributed by atoms with Crippen molar-refractivity contribution in [3.63, 3.8) is 0 Å². The SMILES string of the molecule is CCn1c(=O)c2ccccc2n2c(CSc3nnc4c(Cl)cc(Cl)cn34)nnc12. The Labute approximate surface area is 178 Å². The normalized spacial score (nSPS) is 11.8. The number of halogens is 2. The number of pyridine rings is 1. The molecular formula is C18H13Cl2N7OS. The Morgan fingerprint density at radius 1 is 1.10 bits per heavy atom. The van der Waals surface area contributed by atoms with Crippen molar-refractivity contribution in [1.82, 2.24) is 33.8 Å². The first-order valence-corrected chi connectivity index (χ1v) is 10.5. The highest BCUT2D eigenvalue weighted by Crippen LogP contribution is 2.27. The zero-order valence-corrected chi connectivity index (χ0v) is 17.4. The second kappa shape index (κ2) is 7.01. The third kappa shape index (κ3) is 2.88. The molecule has 0 saturated heterocycles. The molecule has 0 bridgehead atoms. The highest BCUT2D eigenvalue weighted by atomic mass is 35.5. The third-order valence-electron chi connectivity index (χ3n) is 4.62. The van der Waals surface area contributed by atoms with E-state index in [9.17, 15) is 4.79 Å². The molecule has 0 atom stereocenters. The van der Waals surface area contributed by atoms with Gasteiger partial charge < -0.3 is 0 Å². The highest BCUT2D eigenvalue weighted by molar-refractivity contribution is 7.98. The monoisotopic (exact) mass is 445 g/mol. The summed E-state index contributed by atoms with van der Waals surface area (Å²) in [5, 5.41) is 19.1. The van der Waals surface area contributed by atoms with Gasteiger partial charge in [-0.15, -0.1) is 20.4 Å². The molecule has 29 heavy (non-hydrogen) atoms. The molecule has 0 amide bonds. The van der Waals surface area contributed by atoms with E-state index in [4.69, 9.17) is 23.2 Å². The van der Waals surface area contributed by atoms with Gasteiger partial charge >= 0.3 is 0 Å². The van der Waals surface area contributed by atoms with E-state index in [1.807, 2.05) is 35.6 Å². The molecule has 5 rings (SSSR count). The van der Waals surface area contributed by atoms with Crippen molar-refractivity contribution < 1.29 is 0 Å². The van der Waals surface area contributed by atoms with Crippen molar-refractivity contribution in [2.45, 2.75) is 24.4 Å². The van der Waals surface area contributed by atoms with Crippen LogP contribution in [0.15, 0.2) is 46.5 Å². The highest BCUT2D eigenvalue weighted by Gasteiger charge is 2.17. The Hall–Kier alpha value is -2.62. The lowest BCUT2D eigenvalue weighted by Crippen LogP contribution is -2.22. The molecule has 0 fully saturated rings. The zero-order chi connectivity index (χ0) is 20.1. The summed E-state index contributed by atoms with van der Waals surface area (Å²) in [4.78, 5) is 12.8. The number of aryl methyl sites for hydroxylation is 1. The first-order chi connectivity index (χ1) is 14.1. The van der Waals surface area contributed by atoms with E-state index in [2.05, 4.69) is 20.4 Å². The molecule has 0 aliphatic carbocycles. The molecule has 11 heteroatoms. The van der Waals surface area contributed by atoms with E-state index in [1.54, 1.807) is 21.2 Å². The van der Waals surface area contributed by atoms with E-state index >= 15 is 0 Å². The maximum Gasteiger partial charge on any atom is 0.262 e. The van der Waals surface area contributed by atoms with E-state index in [0.717, 1.165) is 5.52 Å². The second-order valence-electron chi connectivity index (χ2n) is 6.29. The molecule has 0 aliphatic heterocycles. The lowest BCUT2D eigenvalue weighted by atomic mass is 10.2. The van der Waals surface area contributed by atoms with Crippen molar-refractivity contribution in [3.8, 4) is 0 Å². The smallest absolute Gasteiger partial charge is 0.262 e. The van der Waals surface area contributed by atoms with Crippen LogP contribution in [0.1, 0.15) is 12.7 Å². The second-order valence-corrected chi connectivity index (χ2v) is 8.08. The Balaban J connectivity index is 1.62. The fourth-order valence-corrected chi connectivity index (χ4v) is 4.65. The number of rotatable bonds is 4. The van der Waals surface area contributed by atoms with E-state index in [0.29, 0.717) is 50.1 Å². The standard InChI is InChI=1S/C18H13Cl2N7OS/c1-2-25-16(28)11-5-3-4-6-13(11)27-14(21-23-17(25)27)9-29-18-24-22-15-12(20)7-10(19)8-26(15)18/h3-8H,2,9H2,1H3. The van der Waals surface area contributed by atoms with Gasteiger partial charge in [-0.3, -0.25) is 18.2 Å². The third-order valence-corrected chi connectivity index (χ3v) is 6.04. The van der Waals surface area contributed by atoms with Crippen LogP contribution < -0.4 is 5.56 Å². The Kier molecular flexibility index (Phi) is 4.45. The molecule has 0 saturated carbocycles. The first-order valence-electron chi connectivity index (χ1n) is 8.76. The number of fused-ring (bicyclic) bond motifs is 4. The minimum atomic E-state index is -0.0741. The quantitative estimate of drug-likeness (QED) is 0.392. The number of hydrogen-bond acceptors (Lipinski definition) is 6. The van der Waals surface area contributed by atoms with Gasteiger partial charge in [-0.1, -0.05) is 47.1 Å². The molecule has 0 unspecified atom stereocenters. The van der Waals surface area contributed by atoms with E-state index in [1.165, 1.54) is 11.8 Å². The van der Waals surface area contributed by atoms with Gasteiger partial charge in [0, 0.05) is 12.7 Å². The average Bonchev–Trinajstić information content (AvgIpc) is 3.31. The van der Waals surface area contributed by atoms with Crippen molar-refractivity contribution in [2.75, 3.05) is 0 Å². The molecule has 5 aromatic rings. The Morgan fingerprint density at radius 2 is 1.93 bits per heavy atom. The Morgan fingerprint density at radius 3 is 2.76 bits per heavy atom. The van der Waals surface area contributed by atoms with Gasteiger partial charge in [0.05, 0.1) is 26.7 Å². The predicted octanol–water partition coefficient (Wildman–Crippen LogP) is 3.71. The van der Waals surface area contributed by atoms with Crippen LogP contribution in [0.4, 0.5) is 0 Å². The summed E-state index contributed by atoms with van der Waals surface area (Å²) >= 11 is 13.7. The number of thioether (sulfide) groups is 1. The molecule has 0 spiro atoms. The van der Waals surface area contributed by atoms with Crippen LogP contribution >= 0.6 is 35.0 Å². The average molecular weight is 446 g/mol. The van der Waals surface area contributed by atoms with Gasteiger partial charge in [0.15, 0.2) is 10.8 Å². The maximum absolute atomic E-state index is 12.8. The molecule has 8 nitrogen and oxygen atoms in total. The summed E-state index contributed by atoms with van der Waals surface area (Å²) in [6, 6.07) is 9.09. The first kappa shape index (κ1) is 18.4. The lowest BCUT2D eigenvalue weighted by Gasteiger charge is -2.09. The Bertz CT molecular complexity index is 1460. The molecule has 0 aliphatic rings. The van der Waals surface area contributed by atoms with Crippen LogP contribution in [0, 0.1) is 0 Å².